The highest BCUT2D eigenvalue weighted by Crippen LogP contribution is 2.28. The van der Waals surface area contributed by atoms with Crippen LogP contribution in [0.25, 0.3) is 0 Å². The maximum Gasteiger partial charge on any atom is 0.194 e. The summed E-state index contributed by atoms with van der Waals surface area (Å²) in [5.41, 5.74) is 2.46. The van der Waals surface area contributed by atoms with E-state index in [4.69, 9.17) is 9.73 Å². The van der Waals surface area contributed by atoms with Gasteiger partial charge in [-0.1, -0.05) is 32.0 Å². The summed E-state index contributed by atoms with van der Waals surface area (Å²) >= 11 is 0. The summed E-state index contributed by atoms with van der Waals surface area (Å²) in [6.07, 6.45) is 2.99. The monoisotopic (exact) mass is 366 g/mol. The van der Waals surface area contributed by atoms with Crippen LogP contribution in [0.2, 0.25) is 0 Å². The first kappa shape index (κ1) is 19.2. The highest BCUT2D eigenvalue weighted by Gasteiger charge is 2.30. The molecule has 0 atom stereocenters. The van der Waals surface area contributed by atoms with Crippen molar-refractivity contribution in [2.75, 3.05) is 19.6 Å². The van der Waals surface area contributed by atoms with E-state index in [0.717, 1.165) is 37.0 Å². The van der Waals surface area contributed by atoms with E-state index in [0.29, 0.717) is 18.6 Å². The fraction of sp³-hybridized carbons (Fsp3) is 0.455. The molecule has 0 saturated carbocycles. The lowest BCUT2D eigenvalue weighted by molar-refractivity contribution is 0.301. The van der Waals surface area contributed by atoms with Gasteiger partial charge in [0.1, 0.15) is 12.4 Å². The number of guanidine groups is 1. The molecular weight excluding hydrogens is 336 g/mol. The quantitative estimate of drug-likeness (QED) is 0.623. The molecule has 0 radical (unpaired) electrons. The van der Waals surface area contributed by atoms with E-state index in [-0.39, 0.29) is 0 Å². The second kappa shape index (κ2) is 8.89. The van der Waals surface area contributed by atoms with E-state index < -0.39 is 0 Å². The molecule has 5 heteroatoms. The first-order chi connectivity index (χ1) is 13.1. The number of rotatable bonds is 6. The largest absolute Gasteiger partial charge is 0.487 e. The van der Waals surface area contributed by atoms with Crippen LogP contribution in [0, 0.1) is 5.41 Å². The number of hydrogen-bond acceptors (Lipinski definition) is 3. The van der Waals surface area contributed by atoms with Gasteiger partial charge in [0.05, 0.1) is 12.2 Å². The van der Waals surface area contributed by atoms with Gasteiger partial charge in [0, 0.05) is 25.8 Å². The van der Waals surface area contributed by atoms with Gasteiger partial charge < -0.3 is 15.0 Å². The lowest BCUT2D eigenvalue weighted by Gasteiger charge is -2.23. The second-order valence-corrected chi connectivity index (χ2v) is 7.76. The van der Waals surface area contributed by atoms with Crippen LogP contribution in [-0.4, -0.2) is 35.5 Å². The minimum absolute atomic E-state index is 0.364. The fourth-order valence-electron chi connectivity index (χ4n) is 3.22. The first-order valence-corrected chi connectivity index (χ1v) is 9.71. The molecular formula is C22H30N4O. The van der Waals surface area contributed by atoms with E-state index in [2.05, 4.69) is 48.1 Å². The zero-order chi connectivity index (χ0) is 19.1. The van der Waals surface area contributed by atoms with Gasteiger partial charge in [-0.15, -0.1) is 0 Å². The van der Waals surface area contributed by atoms with Gasteiger partial charge >= 0.3 is 0 Å². The summed E-state index contributed by atoms with van der Waals surface area (Å²) in [7, 11) is 0. The van der Waals surface area contributed by atoms with Crippen LogP contribution >= 0.6 is 0 Å². The molecule has 1 aromatic carbocycles. The Morgan fingerprint density at radius 1 is 1.22 bits per heavy atom. The molecule has 144 valence electrons. The Morgan fingerprint density at radius 3 is 2.67 bits per heavy atom. The average Bonchev–Trinajstić information content (AvgIpc) is 3.05. The molecule has 0 bridgehead atoms. The number of aromatic nitrogens is 1. The lowest BCUT2D eigenvalue weighted by atomic mass is 9.93. The van der Waals surface area contributed by atoms with Crippen molar-refractivity contribution in [2.45, 2.75) is 40.3 Å². The third-order valence-corrected chi connectivity index (χ3v) is 4.76. The van der Waals surface area contributed by atoms with Crippen LogP contribution in [0.1, 0.15) is 38.4 Å². The maximum atomic E-state index is 5.80. The van der Waals surface area contributed by atoms with Gasteiger partial charge in [-0.05, 0) is 48.6 Å². The Kier molecular flexibility index (Phi) is 6.32. The van der Waals surface area contributed by atoms with Crippen molar-refractivity contribution in [1.82, 2.24) is 15.2 Å². The van der Waals surface area contributed by atoms with Crippen LogP contribution in [0.3, 0.4) is 0 Å². The highest BCUT2D eigenvalue weighted by atomic mass is 16.5. The van der Waals surface area contributed by atoms with E-state index in [1.165, 1.54) is 12.0 Å². The first-order valence-electron chi connectivity index (χ1n) is 9.71. The molecule has 1 N–H and O–H groups in total. The molecule has 2 aromatic rings. The predicted molar refractivity (Wildman–Crippen MR) is 110 cm³/mol. The zero-order valence-electron chi connectivity index (χ0n) is 16.6. The molecule has 0 spiro atoms. The Morgan fingerprint density at radius 2 is 2.04 bits per heavy atom. The number of likely N-dealkylation sites (tertiary alicyclic amines) is 1. The van der Waals surface area contributed by atoms with Crippen LogP contribution in [-0.2, 0) is 13.2 Å². The molecule has 2 heterocycles. The van der Waals surface area contributed by atoms with Gasteiger partial charge in [-0.25, -0.2) is 4.99 Å². The summed E-state index contributed by atoms with van der Waals surface area (Å²) in [4.78, 5) is 11.5. The molecule has 27 heavy (non-hydrogen) atoms. The lowest BCUT2D eigenvalue weighted by Crippen LogP contribution is -2.40. The molecule has 3 rings (SSSR count). The zero-order valence-corrected chi connectivity index (χ0v) is 16.6. The summed E-state index contributed by atoms with van der Waals surface area (Å²) in [6.45, 7) is 10.9. The van der Waals surface area contributed by atoms with Crippen LogP contribution in [0.5, 0.6) is 5.75 Å². The molecule has 5 nitrogen and oxygen atoms in total. The Hall–Kier alpha value is -2.56. The van der Waals surface area contributed by atoms with Gasteiger partial charge in [-0.3, -0.25) is 4.98 Å². The third kappa shape index (κ3) is 5.71. The number of benzene rings is 1. The molecule has 1 aromatic heterocycles. The van der Waals surface area contributed by atoms with Crippen molar-refractivity contribution < 1.29 is 4.74 Å². The number of nitrogens with one attached hydrogen (secondary N) is 1. The second-order valence-electron chi connectivity index (χ2n) is 7.76. The molecule has 0 aliphatic carbocycles. The van der Waals surface area contributed by atoms with E-state index in [1.807, 2.05) is 30.3 Å². The summed E-state index contributed by atoms with van der Waals surface area (Å²) in [6, 6.07) is 14.0. The normalized spacial score (nSPS) is 16.4. The Bertz CT molecular complexity index is 741. The van der Waals surface area contributed by atoms with E-state index in [1.54, 1.807) is 6.20 Å². The van der Waals surface area contributed by atoms with Gasteiger partial charge in [0.2, 0.25) is 0 Å². The summed E-state index contributed by atoms with van der Waals surface area (Å²) < 4.78 is 5.80. The molecule has 0 amide bonds. The van der Waals surface area contributed by atoms with Crippen LogP contribution in [0.15, 0.2) is 53.7 Å². The number of hydrogen-bond donors (Lipinski definition) is 1. The Labute approximate surface area is 162 Å². The van der Waals surface area contributed by atoms with Gasteiger partial charge in [0.25, 0.3) is 0 Å². The number of aliphatic imine (C=N–C) groups is 1. The van der Waals surface area contributed by atoms with Crippen molar-refractivity contribution in [2.24, 2.45) is 10.4 Å². The minimum atomic E-state index is 0.364. The number of nitrogens with zero attached hydrogens (tertiary/aromatic N) is 3. The van der Waals surface area contributed by atoms with E-state index >= 15 is 0 Å². The smallest absolute Gasteiger partial charge is 0.194 e. The van der Waals surface area contributed by atoms with Crippen molar-refractivity contribution >= 4 is 5.96 Å². The minimum Gasteiger partial charge on any atom is -0.487 e. The Balaban J connectivity index is 1.57. The highest BCUT2D eigenvalue weighted by molar-refractivity contribution is 5.80. The van der Waals surface area contributed by atoms with Crippen molar-refractivity contribution in [3.05, 3.63) is 59.9 Å². The standard InChI is InChI=1S/C22H30N4O/c1-4-23-21(26-14-12-22(2,3)17-26)25-15-18-8-10-20(11-9-18)27-16-19-7-5-6-13-24-19/h5-11,13H,4,12,14-17H2,1-3H3,(H,23,25). The fourth-order valence-corrected chi connectivity index (χ4v) is 3.22. The summed E-state index contributed by atoms with van der Waals surface area (Å²) in [5.74, 6) is 1.86. The van der Waals surface area contributed by atoms with Crippen molar-refractivity contribution in [1.29, 1.82) is 0 Å². The molecule has 1 aliphatic rings. The molecule has 0 unspecified atom stereocenters. The molecule has 1 fully saturated rings. The maximum absolute atomic E-state index is 5.80. The average molecular weight is 367 g/mol. The van der Waals surface area contributed by atoms with Crippen molar-refractivity contribution in [3.63, 3.8) is 0 Å². The van der Waals surface area contributed by atoms with Gasteiger partial charge in [-0.2, -0.15) is 0 Å². The van der Waals surface area contributed by atoms with Crippen molar-refractivity contribution in [3.8, 4) is 5.75 Å². The topological polar surface area (TPSA) is 49.8 Å². The SMILES string of the molecule is CCNC(=NCc1ccc(OCc2ccccn2)cc1)N1CCC(C)(C)C1. The number of ether oxygens (including phenoxy) is 1. The van der Waals surface area contributed by atoms with Crippen LogP contribution < -0.4 is 10.1 Å². The van der Waals surface area contributed by atoms with Gasteiger partial charge in [0.15, 0.2) is 5.96 Å². The van der Waals surface area contributed by atoms with E-state index in [9.17, 15) is 0 Å². The third-order valence-electron chi connectivity index (χ3n) is 4.76. The molecule has 1 saturated heterocycles. The number of pyridine rings is 1. The van der Waals surface area contributed by atoms with Crippen LogP contribution in [0.4, 0.5) is 0 Å². The summed E-state index contributed by atoms with van der Waals surface area (Å²) in [5, 5.41) is 3.43. The molecule has 1 aliphatic heterocycles. The predicted octanol–water partition coefficient (Wildman–Crippen LogP) is 3.86.